The number of rotatable bonds is 5. The van der Waals surface area contributed by atoms with Crippen LogP contribution in [0, 0.1) is 6.92 Å². The van der Waals surface area contributed by atoms with Crippen molar-refractivity contribution in [3.63, 3.8) is 0 Å². The molecule has 3 aromatic heterocycles. The van der Waals surface area contributed by atoms with E-state index in [9.17, 15) is 0 Å². The fraction of sp³-hybridized carbons (Fsp3) is 0.273. The fourth-order valence-corrected chi connectivity index (χ4v) is 7.45. The van der Waals surface area contributed by atoms with Crippen molar-refractivity contribution >= 4 is 44.1 Å². The minimum Gasteiger partial charge on any atom is -0.455 e. The van der Waals surface area contributed by atoms with Gasteiger partial charge in [0.2, 0.25) is 5.89 Å². The smallest absolute Gasteiger partial charge is 0.299 e. The average Bonchev–Trinajstić information content (AvgIpc) is 3.76. The van der Waals surface area contributed by atoms with E-state index in [0.29, 0.717) is 0 Å². The van der Waals surface area contributed by atoms with E-state index in [1.165, 1.54) is 27.9 Å². The fourth-order valence-electron chi connectivity index (χ4n) is 7.45. The Labute approximate surface area is 287 Å². The zero-order valence-electron chi connectivity index (χ0n) is 30.0. The van der Waals surface area contributed by atoms with Gasteiger partial charge in [0.1, 0.15) is 22.4 Å². The van der Waals surface area contributed by atoms with Crippen LogP contribution >= 0.6 is 0 Å². The van der Waals surface area contributed by atoms with Crippen molar-refractivity contribution in [2.24, 2.45) is 7.05 Å². The van der Waals surface area contributed by atoms with Crippen molar-refractivity contribution in [1.82, 2.24) is 9.55 Å². The number of aryl methyl sites for hydroxylation is 2. The summed E-state index contributed by atoms with van der Waals surface area (Å²) < 4.78 is 18.0. The molecular formula is C44H44N3O2+. The summed E-state index contributed by atoms with van der Waals surface area (Å²) in [7, 11) is 2.18. The summed E-state index contributed by atoms with van der Waals surface area (Å²) in [6.45, 7) is 17.8. The topological polar surface area (TPSA) is 48.0 Å². The molecular weight excluding hydrogens is 603 g/mol. The summed E-state index contributed by atoms with van der Waals surface area (Å²) in [4.78, 5) is 5.03. The number of nitrogens with zero attached hydrogens (tertiary/aromatic N) is 3. The van der Waals surface area contributed by atoms with Crippen LogP contribution in [0.5, 0.6) is 0 Å². The molecule has 0 saturated carbocycles. The minimum atomic E-state index is -0.209. The van der Waals surface area contributed by atoms with Crippen molar-refractivity contribution in [2.45, 2.75) is 72.6 Å². The van der Waals surface area contributed by atoms with Gasteiger partial charge in [-0.3, -0.25) is 0 Å². The van der Waals surface area contributed by atoms with Gasteiger partial charge in [0.15, 0.2) is 22.2 Å². The predicted molar refractivity (Wildman–Crippen MR) is 202 cm³/mol. The zero-order chi connectivity index (χ0) is 34.4. The molecule has 5 heteroatoms. The lowest BCUT2D eigenvalue weighted by molar-refractivity contribution is -0.633. The van der Waals surface area contributed by atoms with Crippen LogP contribution in [0.4, 0.5) is 0 Å². The molecule has 8 rings (SSSR count). The lowest BCUT2D eigenvalue weighted by Crippen LogP contribution is -2.30. The monoisotopic (exact) mass is 646 g/mol. The van der Waals surface area contributed by atoms with E-state index < -0.39 is 0 Å². The molecule has 0 radical (unpaired) electrons. The highest BCUT2D eigenvalue weighted by atomic mass is 16.4. The van der Waals surface area contributed by atoms with Gasteiger partial charge in [0, 0.05) is 21.9 Å². The number of oxazole rings is 1. The van der Waals surface area contributed by atoms with Crippen molar-refractivity contribution in [3.8, 4) is 28.2 Å². The molecule has 0 unspecified atom stereocenters. The molecule has 0 aliphatic heterocycles. The molecule has 8 aromatic rings. The second-order valence-corrected chi connectivity index (χ2v) is 15.2. The van der Waals surface area contributed by atoms with Crippen LogP contribution in [0.2, 0.25) is 0 Å². The number of hydrogen-bond acceptors (Lipinski definition) is 3. The van der Waals surface area contributed by atoms with Crippen molar-refractivity contribution in [3.05, 3.63) is 114 Å². The zero-order valence-corrected chi connectivity index (χ0v) is 30.0. The van der Waals surface area contributed by atoms with Crippen molar-refractivity contribution < 1.29 is 13.4 Å². The van der Waals surface area contributed by atoms with Gasteiger partial charge < -0.3 is 8.83 Å². The molecule has 0 aliphatic carbocycles. The third-order valence-corrected chi connectivity index (χ3v) is 9.99. The second-order valence-electron chi connectivity index (χ2n) is 15.2. The number of furan rings is 1. The van der Waals surface area contributed by atoms with Gasteiger partial charge in [-0.05, 0) is 71.8 Å². The first-order chi connectivity index (χ1) is 23.4. The molecule has 246 valence electrons. The molecule has 0 fully saturated rings. The quantitative estimate of drug-likeness (QED) is 0.175. The van der Waals surface area contributed by atoms with Gasteiger partial charge in [-0.25, -0.2) is 9.55 Å². The first-order valence-corrected chi connectivity index (χ1v) is 17.4. The largest absolute Gasteiger partial charge is 0.455 e. The van der Waals surface area contributed by atoms with Gasteiger partial charge in [0.05, 0.1) is 12.4 Å². The van der Waals surface area contributed by atoms with Crippen LogP contribution in [0.3, 0.4) is 0 Å². The Bertz CT molecular complexity index is 2520. The number of imidazole rings is 1. The first kappa shape index (κ1) is 31.1. The summed E-state index contributed by atoms with van der Waals surface area (Å²) in [5.74, 6) is 2.39. The average molecular weight is 647 g/mol. The standard InChI is InChI=1S/C44H44N3O2/c1-25(2)31-23-29(28-15-11-10-12-16-28)24-32(26(3)4)40(31)47-34-18-14-13-17-33(34)46(9)42(47)37-27(5)19-20-30-38-35(48-41(30)37)21-22-36-39(38)45-43(49-36)44(6,7)8/h10-26H,1-9H3/q+1. The summed E-state index contributed by atoms with van der Waals surface area (Å²) in [5, 5.41) is 2.04. The Morgan fingerprint density at radius 1 is 0.735 bits per heavy atom. The number of para-hydroxylation sites is 2. The van der Waals surface area contributed by atoms with Crippen LogP contribution in [0.1, 0.15) is 82.9 Å². The van der Waals surface area contributed by atoms with E-state index in [-0.39, 0.29) is 17.3 Å². The third kappa shape index (κ3) is 4.81. The molecule has 49 heavy (non-hydrogen) atoms. The van der Waals surface area contributed by atoms with Crippen LogP contribution < -0.4 is 4.57 Å². The van der Waals surface area contributed by atoms with Crippen LogP contribution in [-0.2, 0) is 12.5 Å². The minimum absolute atomic E-state index is 0.209. The molecule has 0 amide bonds. The SMILES string of the molecule is Cc1ccc2c(oc3ccc4oc(C(C)(C)C)nc4c32)c1-c1n(-c2c(C(C)C)cc(-c3ccccc3)cc2C(C)C)c2ccccc2[n+]1C. The van der Waals surface area contributed by atoms with E-state index in [4.69, 9.17) is 13.8 Å². The summed E-state index contributed by atoms with van der Waals surface area (Å²) in [6.07, 6.45) is 0. The molecule has 0 atom stereocenters. The van der Waals surface area contributed by atoms with E-state index in [0.717, 1.165) is 66.9 Å². The van der Waals surface area contributed by atoms with E-state index in [2.05, 4.69) is 150 Å². The Morgan fingerprint density at radius 3 is 2.06 bits per heavy atom. The van der Waals surface area contributed by atoms with E-state index >= 15 is 0 Å². The van der Waals surface area contributed by atoms with Gasteiger partial charge in [-0.2, -0.15) is 4.57 Å². The lowest BCUT2D eigenvalue weighted by atomic mass is 9.88. The van der Waals surface area contributed by atoms with Gasteiger partial charge in [-0.15, -0.1) is 0 Å². The number of benzene rings is 5. The molecule has 5 aromatic carbocycles. The Balaban J connectivity index is 1.50. The van der Waals surface area contributed by atoms with Crippen molar-refractivity contribution in [2.75, 3.05) is 0 Å². The van der Waals surface area contributed by atoms with E-state index in [1.807, 2.05) is 12.1 Å². The molecule has 0 aliphatic rings. The maximum Gasteiger partial charge on any atom is 0.299 e. The Hall–Kier alpha value is -5.16. The second kappa shape index (κ2) is 11.2. The van der Waals surface area contributed by atoms with Gasteiger partial charge >= 0.3 is 0 Å². The molecule has 0 spiro atoms. The third-order valence-electron chi connectivity index (χ3n) is 9.99. The Kier molecular flexibility index (Phi) is 7.11. The normalized spacial score (nSPS) is 12.6. The van der Waals surface area contributed by atoms with Crippen LogP contribution in [0.25, 0.3) is 72.3 Å². The predicted octanol–water partition coefficient (Wildman–Crippen LogP) is 11.7. The summed E-state index contributed by atoms with van der Waals surface area (Å²) in [6, 6.07) is 32.7. The molecule has 3 heterocycles. The number of fused-ring (bicyclic) bond motifs is 6. The van der Waals surface area contributed by atoms with E-state index in [1.54, 1.807) is 0 Å². The molecule has 0 bridgehead atoms. The Morgan fingerprint density at radius 2 is 1.39 bits per heavy atom. The van der Waals surface area contributed by atoms with Crippen LogP contribution in [0.15, 0.2) is 99.8 Å². The maximum absolute atomic E-state index is 6.89. The van der Waals surface area contributed by atoms with Gasteiger partial charge in [-0.1, -0.05) is 103 Å². The van der Waals surface area contributed by atoms with Crippen LogP contribution in [-0.4, -0.2) is 9.55 Å². The van der Waals surface area contributed by atoms with Crippen molar-refractivity contribution in [1.29, 1.82) is 0 Å². The molecule has 5 nitrogen and oxygen atoms in total. The van der Waals surface area contributed by atoms with Gasteiger partial charge in [0.25, 0.3) is 5.82 Å². The highest BCUT2D eigenvalue weighted by Gasteiger charge is 2.34. The summed E-state index contributed by atoms with van der Waals surface area (Å²) in [5.41, 5.74) is 14.0. The summed E-state index contributed by atoms with van der Waals surface area (Å²) >= 11 is 0. The lowest BCUT2D eigenvalue weighted by Gasteiger charge is -2.21. The first-order valence-electron chi connectivity index (χ1n) is 17.4. The maximum atomic E-state index is 6.89. The molecule has 0 saturated heterocycles. The molecule has 0 N–H and O–H groups in total. The number of aromatic nitrogens is 3. The number of hydrogen-bond donors (Lipinski definition) is 0. The highest BCUT2D eigenvalue weighted by molar-refractivity contribution is 6.19. The highest BCUT2D eigenvalue weighted by Crippen LogP contribution is 2.44.